The van der Waals surface area contributed by atoms with Crippen LogP contribution in [-0.4, -0.2) is 39.3 Å². The number of hydrogen-bond acceptors (Lipinski definition) is 2. The predicted molar refractivity (Wildman–Crippen MR) is 88.1 cm³/mol. The van der Waals surface area contributed by atoms with Crippen molar-refractivity contribution >= 4 is 31.3 Å². The van der Waals surface area contributed by atoms with Crippen LogP contribution in [0.1, 0.15) is 26.7 Å². The van der Waals surface area contributed by atoms with Crippen LogP contribution in [0.4, 0.5) is 0 Å². The van der Waals surface area contributed by atoms with Crippen molar-refractivity contribution in [2.75, 3.05) is 25.2 Å². The Morgan fingerprint density at radius 1 is 1.11 bits per heavy atom. The molecular formula is C14H28Cl2O2Si. The fourth-order valence-electron chi connectivity index (χ4n) is 2.16. The van der Waals surface area contributed by atoms with Gasteiger partial charge in [0.05, 0.1) is 20.8 Å². The van der Waals surface area contributed by atoms with E-state index in [-0.39, 0.29) is 12.9 Å². The van der Waals surface area contributed by atoms with Crippen molar-refractivity contribution in [1.29, 1.82) is 0 Å². The lowest BCUT2D eigenvalue weighted by Crippen LogP contribution is -2.26. The van der Waals surface area contributed by atoms with Gasteiger partial charge in [-0.2, -0.15) is 0 Å². The standard InChI is InChI=1S/C14H28Cl2O2Si/c1-4-8-19(3,9-5-2)10-6-7-17-13-18-14(11-15)12-16/h6,10,14H,4-5,7-9,11-13H2,1-3H3/b10-6+. The quantitative estimate of drug-likeness (QED) is 0.221. The van der Waals surface area contributed by atoms with Crippen molar-refractivity contribution in [3.63, 3.8) is 0 Å². The average molecular weight is 327 g/mol. The smallest absolute Gasteiger partial charge is 0.147 e. The maximum Gasteiger partial charge on any atom is 0.147 e. The van der Waals surface area contributed by atoms with Gasteiger partial charge in [0.25, 0.3) is 0 Å². The lowest BCUT2D eigenvalue weighted by Gasteiger charge is -2.22. The van der Waals surface area contributed by atoms with E-state index < -0.39 is 8.07 Å². The van der Waals surface area contributed by atoms with Gasteiger partial charge in [-0.15, -0.1) is 23.2 Å². The molecule has 0 saturated carbocycles. The molecule has 0 spiro atoms. The predicted octanol–water partition coefficient (Wildman–Crippen LogP) is 4.82. The number of alkyl halides is 2. The minimum atomic E-state index is -1.19. The Labute approximate surface area is 129 Å². The lowest BCUT2D eigenvalue weighted by atomic mass is 10.5. The van der Waals surface area contributed by atoms with Crippen molar-refractivity contribution in [3.8, 4) is 0 Å². The molecule has 0 unspecified atom stereocenters. The van der Waals surface area contributed by atoms with Gasteiger partial charge in [-0.05, 0) is 0 Å². The molecule has 0 aromatic heterocycles. The van der Waals surface area contributed by atoms with Crippen LogP contribution in [0.5, 0.6) is 0 Å². The molecule has 0 aliphatic carbocycles. The third-order valence-corrected chi connectivity index (χ3v) is 8.12. The number of hydrogen-bond donors (Lipinski definition) is 0. The minimum Gasteiger partial charge on any atom is -0.351 e. The monoisotopic (exact) mass is 326 g/mol. The van der Waals surface area contributed by atoms with Crippen LogP contribution >= 0.6 is 23.2 Å². The van der Waals surface area contributed by atoms with Crippen molar-refractivity contribution in [2.24, 2.45) is 0 Å². The summed E-state index contributed by atoms with van der Waals surface area (Å²) in [6.45, 7) is 7.83. The van der Waals surface area contributed by atoms with E-state index in [1.165, 1.54) is 24.9 Å². The van der Waals surface area contributed by atoms with Gasteiger partial charge in [-0.1, -0.05) is 57.1 Å². The summed E-state index contributed by atoms with van der Waals surface area (Å²) in [6, 6.07) is 2.71. The van der Waals surface area contributed by atoms with Gasteiger partial charge >= 0.3 is 0 Å². The molecular weight excluding hydrogens is 299 g/mol. The molecule has 19 heavy (non-hydrogen) atoms. The zero-order valence-corrected chi connectivity index (χ0v) is 15.0. The van der Waals surface area contributed by atoms with Crippen LogP contribution in [0.3, 0.4) is 0 Å². The molecule has 5 heteroatoms. The molecule has 0 aliphatic rings. The van der Waals surface area contributed by atoms with Crippen molar-refractivity contribution in [1.82, 2.24) is 0 Å². The molecule has 0 fully saturated rings. The fourth-order valence-corrected chi connectivity index (χ4v) is 6.20. The van der Waals surface area contributed by atoms with Gasteiger partial charge in [0.2, 0.25) is 0 Å². The molecule has 0 radical (unpaired) electrons. The highest BCUT2D eigenvalue weighted by Crippen LogP contribution is 2.20. The molecule has 0 heterocycles. The Bertz CT molecular complexity index is 227. The zero-order chi connectivity index (χ0) is 14.6. The second-order valence-electron chi connectivity index (χ2n) is 5.14. The molecule has 2 nitrogen and oxygen atoms in total. The molecule has 0 aromatic carbocycles. The van der Waals surface area contributed by atoms with Gasteiger partial charge in [0, 0.05) is 11.8 Å². The van der Waals surface area contributed by atoms with Crippen LogP contribution in [0.15, 0.2) is 11.8 Å². The Hall–Kier alpha value is 0.457. The van der Waals surface area contributed by atoms with Crippen molar-refractivity contribution in [2.45, 2.75) is 51.4 Å². The van der Waals surface area contributed by atoms with Crippen molar-refractivity contribution in [3.05, 3.63) is 11.8 Å². The first-order valence-corrected chi connectivity index (χ1v) is 11.2. The molecule has 0 saturated heterocycles. The second-order valence-corrected chi connectivity index (χ2v) is 10.4. The Morgan fingerprint density at radius 3 is 2.16 bits per heavy atom. The van der Waals surface area contributed by atoms with E-state index in [2.05, 4.69) is 32.2 Å². The van der Waals surface area contributed by atoms with Crippen LogP contribution < -0.4 is 0 Å². The summed E-state index contributed by atoms with van der Waals surface area (Å²) < 4.78 is 10.8. The Balaban J connectivity index is 3.86. The first-order valence-electron chi connectivity index (χ1n) is 7.10. The summed E-state index contributed by atoms with van der Waals surface area (Å²) in [7, 11) is -1.19. The first kappa shape index (κ1) is 19.5. The van der Waals surface area contributed by atoms with E-state index in [1.54, 1.807) is 0 Å². The summed E-state index contributed by atoms with van der Waals surface area (Å²) in [6.07, 6.45) is 4.57. The maximum atomic E-state index is 5.66. The third kappa shape index (κ3) is 9.91. The Morgan fingerprint density at radius 2 is 1.68 bits per heavy atom. The molecule has 114 valence electrons. The molecule has 0 rings (SSSR count). The normalized spacial score (nSPS) is 12.7. The van der Waals surface area contributed by atoms with E-state index in [0.717, 1.165) is 0 Å². The summed E-state index contributed by atoms with van der Waals surface area (Å²) in [5.41, 5.74) is 2.42. The summed E-state index contributed by atoms with van der Waals surface area (Å²) >= 11 is 11.3. The SMILES string of the molecule is CCC[Si](C)(/C=C/COCOC(CCl)CCl)CCC. The van der Waals surface area contributed by atoms with Crippen LogP contribution in [0.2, 0.25) is 18.6 Å². The number of halogens is 2. The highest BCUT2D eigenvalue weighted by Gasteiger charge is 2.20. The van der Waals surface area contributed by atoms with E-state index in [1.807, 2.05) is 0 Å². The highest BCUT2D eigenvalue weighted by atomic mass is 35.5. The molecule has 0 N–H and O–H groups in total. The number of ether oxygens (including phenoxy) is 2. The van der Waals surface area contributed by atoms with Gasteiger partial charge in [0.15, 0.2) is 0 Å². The second kappa shape index (κ2) is 12.2. The van der Waals surface area contributed by atoms with Gasteiger partial charge < -0.3 is 9.47 Å². The fraction of sp³-hybridized carbons (Fsp3) is 0.857. The molecule has 0 atom stereocenters. The van der Waals surface area contributed by atoms with Crippen LogP contribution in [-0.2, 0) is 9.47 Å². The zero-order valence-electron chi connectivity index (χ0n) is 12.5. The Kier molecular flexibility index (Phi) is 12.5. The highest BCUT2D eigenvalue weighted by molar-refractivity contribution is 6.83. The molecule has 0 aliphatic heterocycles. The average Bonchev–Trinajstić information content (AvgIpc) is 2.38. The minimum absolute atomic E-state index is 0.118. The van der Waals surface area contributed by atoms with Gasteiger partial charge in [-0.25, -0.2) is 0 Å². The van der Waals surface area contributed by atoms with Crippen LogP contribution in [0.25, 0.3) is 0 Å². The largest absolute Gasteiger partial charge is 0.351 e. The van der Waals surface area contributed by atoms with Gasteiger partial charge in [0.1, 0.15) is 6.79 Å². The summed E-state index contributed by atoms with van der Waals surface area (Å²) in [5, 5.41) is 0. The molecule has 0 aromatic rings. The van der Waals surface area contributed by atoms with Crippen LogP contribution in [0, 0.1) is 0 Å². The van der Waals surface area contributed by atoms with Crippen molar-refractivity contribution < 1.29 is 9.47 Å². The summed E-state index contributed by atoms with van der Waals surface area (Å²) in [4.78, 5) is 0. The summed E-state index contributed by atoms with van der Waals surface area (Å²) in [5.74, 6) is 0.807. The van der Waals surface area contributed by atoms with E-state index in [0.29, 0.717) is 18.4 Å². The number of rotatable bonds is 12. The lowest BCUT2D eigenvalue weighted by molar-refractivity contribution is -0.0679. The third-order valence-electron chi connectivity index (χ3n) is 3.11. The first-order chi connectivity index (χ1) is 9.11. The maximum absolute atomic E-state index is 5.66. The topological polar surface area (TPSA) is 18.5 Å². The van der Waals surface area contributed by atoms with E-state index >= 15 is 0 Å². The van der Waals surface area contributed by atoms with E-state index in [4.69, 9.17) is 32.7 Å². The van der Waals surface area contributed by atoms with E-state index in [9.17, 15) is 0 Å². The molecule has 0 amide bonds. The molecule has 0 bridgehead atoms. The van der Waals surface area contributed by atoms with Gasteiger partial charge in [-0.3, -0.25) is 0 Å².